The molecule has 1 aliphatic heterocycles. The quantitative estimate of drug-likeness (QED) is 0.349. The van der Waals surface area contributed by atoms with E-state index in [1.165, 1.54) is 9.79 Å². The lowest BCUT2D eigenvalue weighted by molar-refractivity contribution is 1.17. The molecule has 0 N–H and O–H groups in total. The SMILES string of the molecule is N#Cc1ncccc1-c1cccc(N2c3ccccc3Sc3ccccc32)c1. The molecule has 0 unspecified atom stereocenters. The molecule has 0 saturated heterocycles. The van der Waals surface area contributed by atoms with Crippen LogP contribution in [0, 0.1) is 11.3 Å². The number of anilines is 3. The summed E-state index contributed by atoms with van der Waals surface area (Å²) >= 11 is 1.79. The van der Waals surface area contributed by atoms with Crippen molar-refractivity contribution in [1.29, 1.82) is 5.26 Å². The molecule has 3 nitrogen and oxygen atoms in total. The fraction of sp³-hybridized carbons (Fsp3) is 0. The van der Waals surface area contributed by atoms with Crippen molar-refractivity contribution in [2.75, 3.05) is 4.90 Å². The normalized spacial score (nSPS) is 12.0. The van der Waals surface area contributed by atoms with E-state index < -0.39 is 0 Å². The van der Waals surface area contributed by atoms with Gasteiger partial charge in [0.2, 0.25) is 0 Å². The number of pyridine rings is 1. The summed E-state index contributed by atoms with van der Waals surface area (Å²) in [6.07, 6.45) is 1.65. The van der Waals surface area contributed by atoms with E-state index in [1.807, 2.05) is 24.3 Å². The summed E-state index contributed by atoms with van der Waals surface area (Å²) in [4.78, 5) is 8.95. The van der Waals surface area contributed by atoms with Gasteiger partial charge in [-0.05, 0) is 54.1 Å². The summed E-state index contributed by atoms with van der Waals surface area (Å²) in [5, 5.41) is 9.43. The Bertz CT molecular complexity index is 1180. The van der Waals surface area contributed by atoms with Crippen LogP contribution in [0.2, 0.25) is 0 Å². The average molecular weight is 377 g/mol. The molecule has 4 aromatic rings. The van der Waals surface area contributed by atoms with Gasteiger partial charge in [-0.15, -0.1) is 0 Å². The Kier molecular flexibility index (Phi) is 4.08. The molecule has 0 spiro atoms. The van der Waals surface area contributed by atoms with Crippen LogP contribution in [0.1, 0.15) is 5.69 Å². The Morgan fingerprint density at radius 1 is 0.786 bits per heavy atom. The topological polar surface area (TPSA) is 39.9 Å². The lowest BCUT2D eigenvalue weighted by atomic mass is 10.0. The van der Waals surface area contributed by atoms with Crippen molar-refractivity contribution in [1.82, 2.24) is 4.98 Å². The second-order valence-electron chi connectivity index (χ2n) is 6.43. The second-order valence-corrected chi connectivity index (χ2v) is 7.52. The molecule has 0 saturated carbocycles. The molecule has 0 aliphatic carbocycles. The fourth-order valence-corrected chi connectivity index (χ4v) is 4.58. The third-order valence-electron chi connectivity index (χ3n) is 4.76. The molecule has 1 aliphatic rings. The van der Waals surface area contributed by atoms with Crippen LogP contribution in [0.5, 0.6) is 0 Å². The number of hydrogen-bond donors (Lipinski definition) is 0. The Morgan fingerprint density at radius 2 is 1.50 bits per heavy atom. The Labute approximate surface area is 167 Å². The summed E-state index contributed by atoms with van der Waals surface area (Å²) in [5.74, 6) is 0. The standard InChI is InChI=1S/C24H15N3S/c25-16-20-19(9-6-14-26-20)17-7-5-8-18(15-17)27-21-10-1-3-12-23(21)28-24-13-4-2-11-22(24)27/h1-15H. The van der Waals surface area contributed by atoms with Gasteiger partial charge in [0.25, 0.3) is 0 Å². The molecular weight excluding hydrogens is 362 g/mol. The smallest absolute Gasteiger partial charge is 0.148 e. The van der Waals surface area contributed by atoms with Crippen LogP contribution in [0.4, 0.5) is 17.1 Å². The molecule has 0 amide bonds. The molecule has 28 heavy (non-hydrogen) atoms. The first-order valence-corrected chi connectivity index (χ1v) is 9.78. The minimum atomic E-state index is 0.439. The van der Waals surface area contributed by atoms with E-state index >= 15 is 0 Å². The second kappa shape index (κ2) is 6.88. The number of benzene rings is 3. The number of fused-ring (bicyclic) bond motifs is 2. The Balaban J connectivity index is 1.70. The van der Waals surface area contributed by atoms with Crippen molar-refractivity contribution in [3.63, 3.8) is 0 Å². The first-order chi connectivity index (χ1) is 13.8. The van der Waals surface area contributed by atoms with Crippen LogP contribution in [-0.4, -0.2) is 4.98 Å². The van der Waals surface area contributed by atoms with Gasteiger partial charge in [0.15, 0.2) is 0 Å². The largest absolute Gasteiger partial charge is 0.308 e. The summed E-state index contributed by atoms with van der Waals surface area (Å²) in [7, 11) is 0. The number of nitriles is 1. The summed E-state index contributed by atoms with van der Waals surface area (Å²) in [5.41, 5.74) is 5.65. The first kappa shape index (κ1) is 16.6. The van der Waals surface area contributed by atoms with Crippen molar-refractivity contribution in [3.8, 4) is 17.2 Å². The van der Waals surface area contributed by atoms with Gasteiger partial charge in [0.1, 0.15) is 11.8 Å². The maximum atomic E-state index is 9.43. The molecule has 0 bridgehead atoms. The lowest BCUT2D eigenvalue weighted by Crippen LogP contribution is -2.14. The van der Waals surface area contributed by atoms with Crippen molar-refractivity contribution >= 4 is 28.8 Å². The highest BCUT2D eigenvalue weighted by Gasteiger charge is 2.24. The summed E-state index contributed by atoms with van der Waals surface area (Å²) in [6, 6.07) is 31.2. The first-order valence-electron chi connectivity index (χ1n) is 8.97. The number of rotatable bonds is 2. The van der Waals surface area contributed by atoms with Gasteiger partial charge in [-0.25, -0.2) is 4.98 Å². The van der Waals surface area contributed by atoms with Gasteiger partial charge in [0.05, 0.1) is 11.4 Å². The molecule has 0 fully saturated rings. The third kappa shape index (κ3) is 2.74. The molecule has 0 radical (unpaired) electrons. The maximum Gasteiger partial charge on any atom is 0.148 e. The Morgan fingerprint density at radius 3 is 2.21 bits per heavy atom. The van der Waals surface area contributed by atoms with Crippen LogP contribution in [0.25, 0.3) is 11.1 Å². The van der Waals surface area contributed by atoms with E-state index in [0.717, 1.165) is 28.2 Å². The fourth-order valence-electron chi connectivity index (χ4n) is 3.52. The van der Waals surface area contributed by atoms with Crippen molar-refractivity contribution in [2.45, 2.75) is 9.79 Å². The highest BCUT2D eigenvalue weighted by atomic mass is 32.2. The predicted molar refractivity (Wildman–Crippen MR) is 113 cm³/mol. The zero-order chi connectivity index (χ0) is 18.9. The highest BCUT2D eigenvalue weighted by Crippen LogP contribution is 2.51. The van der Waals surface area contributed by atoms with Crippen molar-refractivity contribution in [3.05, 3.63) is 96.8 Å². The van der Waals surface area contributed by atoms with Crippen LogP contribution in [0.3, 0.4) is 0 Å². The molecule has 0 atom stereocenters. The van der Waals surface area contributed by atoms with Gasteiger partial charge < -0.3 is 4.90 Å². The Hall–Kier alpha value is -3.55. The van der Waals surface area contributed by atoms with Gasteiger partial charge >= 0.3 is 0 Å². The van der Waals surface area contributed by atoms with E-state index in [0.29, 0.717) is 5.69 Å². The minimum absolute atomic E-state index is 0.439. The zero-order valence-electron chi connectivity index (χ0n) is 14.9. The molecule has 3 aromatic carbocycles. The van der Waals surface area contributed by atoms with E-state index in [4.69, 9.17) is 0 Å². The lowest BCUT2D eigenvalue weighted by Gasteiger charge is -2.33. The van der Waals surface area contributed by atoms with Crippen LogP contribution in [-0.2, 0) is 0 Å². The van der Waals surface area contributed by atoms with Crippen LogP contribution >= 0.6 is 11.8 Å². The predicted octanol–water partition coefficient (Wildman–Crippen LogP) is 6.55. The number of aromatic nitrogens is 1. The van der Waals surface area contributed by atoms with Crippen molar-refractivity contribution < 1.29 is 0 Å². The molecule has 132 valence electrons. The average Bonchev–Trinajstić information content (AvgIpc) is 2.77. The number of nitrogens with zero attached hydrogens (tertiary/aromatic N) is 3. The molecule has 1 aromatic heterocycles. The van der Waals surface area contributed by atoms with Gasteiger partial charge in [-0.1, -0.05) is 48.2 Å². The van der Waals surface area contributed by atoms with E-state index in [2.05, 4.69) is 76.6 Å². The van der Waals surface area contributed by atoms with E-state index in [-0.39, 0.29) is 0 Å². The highest BCUT2D eigenvalue weighted by molar-refractivity contribution is 7.99. The van der Waals surface area contributed by atoms with Gasteiger partial charge in [-0.3, -0.25) is 0 Å². The molecular formula is C24H15N3S. The van der Waals surface area contributed by atoms with Crippen LogP contribution < -0.4 is 4.90 Å². The maximum absolute atomic E-state index is 9.43. The number of hydrogen-bond acceptors (Lipinski definition) is 4. The zero-order valence-corrected chi connectivity index (χ0v) is 15.7. The van der Waals surface area contributed by atoms with Gasteiger partial charge in [0, 0.05) is 27.2 Å². The van der Waals surface area contributed by atoms with Crippen molar-refractivity contribution in [2.24, 2.45) is 0 Å². The van der Waals surface area contributed by atoms with Gasteiger partial charge in [-0.2, -0.15) is 5.26 Å². The molecule has 5 rings (SSSR count). The summed E-state index contributed by atoms with van der Waals surface area (Å²) < 4.78 is 0. The number of para-hydroxylation sites is 2. The summed E-state index contributed by atoms with van der Waals surface area (Å²) in [6.45, 7) is 0. The van der Waals surface area contributed by atoms with E-state index in [1.54, 1.807) is 18.0 Å². The third-order valence-corrected chi connectivity index (χ3v) is 5.89. The minimum Gasteiger partial charge on any atom is -0.308 e. The molecule has 2 heterocycles. The monoisotopic (exact) mass is 377 g/mol. The van der Waals surface area contributed by atoms with E-state index in [9.17, 15) is 5.26 Å². The van der Waals surface area contributed by atoms with Crippen LogP contribution in [0.15, 0.2) is 101 Å². The molecule has 4 heteroatoms.